The quantitative estimate of drug-likeness (QED) is 0.477. The molecule has 0 aliphatic carbocycles. The zero-order chi connectivity index (χ0) is 25.7. The monoisotopic (exact) mass is 487 g/mol. The van der Waals surface area contributed by atoms with Gasteiger partial charge in [0.2, 0.25) is 0 Å². The third-order valence-electron chi connectivity index (χ3n) is 6.12. The first-order valence-corrected chi connectivity index (χ1v) is 11.5. The van der Waals surface area contributed by atoms with Crippen molar-refractivity contribution in [1.82, 2.24) is 9.91 Å². The summed E-state index contributed by atoms with van der Waals surface area (Å²) in [5.74, 6) is 1.47. The van der Waals surface area contributed by atoms with Crippen LogP contribution in [0.25, 0.3) is 0 Å². The highest BCUT2D eigenvalue weighted by atomic mass is 16.5. The number of para-hydroxylation sites is 1. The minimum absolute atomic E-state index is 0.134. The van der Waals surface area contributed by atoms with Crippen molar-refractivity contribution in [2.45, 2.75) is 12.5 Å². The van der Waals surface area contributed by atoms with E-state index in [1.165, 1.54) is 9.91 Å². The van der Waals surface area contributed by atoms with Gasteiger partial charge in [0.25, 0.3) is 11.8 Å². The van der Waals surface area contributed by atoms with Crippen LogP contribution >= 0.6 is 0 Å². The van der Waals surface area contributed by atoms with E-state index in [4.69, 9.17) is 19.3 Å². The summed E-state index contributed by atoms with van der Waals surface area (Å²) < 4.78 is 16.1. The Hall–Kier alpha value is -4.33. The van der Waals surface area contributed by atoms with Gasteiger partial charge in [-0.3, -0.25) is 9.59 Å². The highest BCUT2D eigenvalue weighted by molar-refractivity contribution is 6.04. The van der Waals surface area contributed by atoms with Gasteiger partial charge in [0, 0.05) is 30.2 Å². The number of carbonyl (C=O) groups is 2. The lowest BCUT2D eigenvalue weighted by atomic mass is 9.97. The average Bonchev–Trinajstić information content (AvgIpc) is 3.38. The molecule has 3 aromatic carbocycles. The van der Waals surface area contributed by atoms with Crippen molar-refractivity contribution in [3.05, 3.63) is 89.5 Å². The molecule has 0 aromatic heterocycles. The molecule has 8 nitrogen and oxygen atoms in total. The standard InChI is InChI=1S/C28H29N3O5/c1-30(28(33)19-12-14-21(34-2)15-13-19)18-27(32)31-25(23-10-5-6-11-26(23)36-4)17-24(29-31)20-8-7-9-22(16-20)35-3/h5-16,25H,17-18H2,1-4H3/t25-/m1/s1. The minimum atomic E-state index is -0.376. The Balaban J connectivity index is 1.61. The molecule has 2 amide bonds. The van der Waals surface area contributed by atoms with Crippen LogP contribution in [0.1, 0.15) is 33.9 Å². The summed E-state index contributed by atoms with van der Waals surface area (Å²) in [7, 11) is 6.38. The van der Waals surface area contributed by atoms with Crippen molar-refractivity contribution in [3.63, 3.8) is 0 Å². The van der Waals surface area contributed by atoms with Crippen molar-refractivity contribution < 1.29 is 23.8 Å². The number of hydrogen-bond acceptors (Lipinski definition) is 6. The van der Waals surface area contributed by atoms with Crippen LogP contribution < -0.4 is 14.2 Å². The smallest absolute Gasteiger partial charge is 0.262 e. The predicted octanol–water partition coefficient (Wildman–Crippen LogP) is 4.16. The Morgan fingerprint density at radius 2 is 1.64 bits per heavy atom. The molecule has 0 saturated carbocycles. The Labute approximate surface area is 210 Å². The maximum Gasteiger partial charge on any atom is 0.262 e. The fourth-order valence-electron chi connectivity index (χ4n) is 4.20. The first kappa shape index (κ1) is 24.8. The van der Waals surface area contributed by atoms with E-state index in [1.54, 1.807) is 52.6 Å². The molecule has 0 spiro atoms. The SMILES string of the molecule is COc1ccc(C(=O)N(C)CC(=O)N2N=C(c3cccc(OC)c3)C[C@@H]2c2ccccc2OC)cc1. The largest absolute Gasteiger partial charge is 0.497 e. The summed E-state index contributed by atoms with van der Waals surface area (Å²) in [5, 5.41) is 6.17. The van der Waals surface area contributed by atoms with Crippen molar-refractivity contribution in [3.8, 4) is 17.2 Å². The molecule has 1 aliphatic heterocycles. The highest BCUT2D eigenvalue weighted by Crippen LogP contribution is 2.37. The number of benzene rings is 3. The summed E-state index contributed by atoms with van der Waals surface area (Å²) in [5.41, 5.74) is 2.93. The van der Waals surface area contributed by atoms with Crippen LogP contribution in [0.2, 0.25) is 0 Å². The van der Waals surface area contributed by atoms with Gasteiger partial charge < -0.3 is 19.1 Å². The fourth-order valence-corrected chi connectivity index (χ4v) is 4.20. The van der Waals surface area contributed by atoms with E-state index in [2.05, 4.69) is 0 Å². The van der Waals surface area contributed by atoms with Crippen molar-refractivity contribution in [2.24, 2.45) is 5.10 Å². The molecule has 1 atom stereocenters. The third-order valence-corrected chi connectivity index (χ3v) is 6.12. The Morgan fingerprint density at radius 1 is 0.917 bits per heavy atom. The maximum atomic E-state index is 13.5. The number of likely N-dealkylation sites (N-methyl/N-ethyl adjacent to an activating group) is 1. The number of nitrogens with zero attached hydrogens (tertiary/aromatic N) is 3. The highest BCUT2D eigenvalue weighted by Gasteiger charge is 2.35. The number of ether oxygens (including phenoxy) is 3. The van der Waals surface area contributed by atoms with E-state index >= 15 is 0 Å². The van der Waals surface area contributed by atoms with Crippen molar-refractivity contribution in [1.29, 1.82) is 0 Å². The Bertz CT molecular complexity index is 1270. The molecule has 1 aliphatic rings. The fraction of sp³-hybridized carbons (Fsp3) is 0.250. The van der Waals surface area contributed by atoms with Gasteiger partial charge in [0.1, 0.15) is 23.8 Å². The molecule has 8 heteroatoms. The van der Waals surface area contributed by atoms with E-state index in [-0.39, 0.29) is 24.4 Å². The minimum Gasteiger partial charge on any atom is -0.497 e. The topological polar surface area (TPSA) is 80.7 Å². The molecule has 0 saturated heterocycles. The van der Waals surface area contributed by atoms with Gasteiger partial charge in [-0.15, -0.1) is 0 Å². The molecule has 0 bridgehead atoms. The summed E-state index contributed by atoms with van der Waals surface area (Å²) in [6, 6.07) is 21.6. The molecule has 3 aromatic rings. The van der Waals surface area contributed by atoms with E-state index in [9.17, 15) is 9.59 Å². The number of hydrazone groups is 1. The van der Waals surface area contributed by atoms with Crippen molar-refractivity contribution >= 4 is 17.5 Å². The lowest BCUT2D eigenvalue weighted by Gasteiger charge is -2.26. The molecule has 4 rings (SSSR count). The van der Waals surface area contributed by atoms with Crippen LogP contribution in [0, 0.1) is 0 Å². The molecule has 0 unspecified atom stereocenters. The second-order valence-electron chi connectivity index (χ2n) is 8.37. The first-order chi connectivity index (χ1) is 17.4. The zero-order valence-electron chi connectivity index (χ0n) is 20.8. The zero-order valence-corrected chi connectivity index (χ0v) is 20.8. The molecule has 0 radical (unpaired) electrons. The summed E-state index contributed by atoms with van der Waals surface area (Å²) in [6.07, 6.45) is 0.495. The van der Waals surface area contributed by atoms with Gasteiger partial charge in [-0.1, -0.05) is 30.3 Å². The lowest BCUT2D eigenvalue weighted by molar-refractivity contribution is -0.133. The normalized spacial score (nSPS) is 14.7. The first-order valence-electron chi connectivity index (χ1n) is 11.5. The van der Waals surface area contributed by atoms with Crippen molar-refractivity contribution in [2.75, 3.05) is 34.9 Å². The van der Waals surface area contributed by atoms with Crippen LogP contribution in [0.3, 0.4) is 0 Å². The second-order valence-corrected chi connectivity index (χ2v) is 8.37. The maximum absolute atomic E-state index is 13.5. The lowest BCUT2D eigenvalue weighted by Crippen LogP contribution is -2.39. The van der Waals surface area contributed by atoms with Crippen LogP contribution in [0.5, 0.6) is 17.2 Å². The number of amides is 2. The number of hydrogen-bond donors (Lipinski definition) is 0. The number of methoxy groups -OCH3 is 3. The number of rotatable bonds is 8. The van der Waals surface area contributed by atoms with Crippen LogP contribution in [0.15, 0.2) is 77.9 Å². The number of carbonyl (C=O) groups excluding carboxylic acids is 2. The summed E-state index contributed by atoms with van der Waals surface area (Å²) in [4.78, 5) is 27.9. The molecular weight excluding hydrogens is 458 g/mol. The molecule has 0 fully saturated rings. The average molecular weight is 488 g/mol. The summed E-state index contributed by atoms with van der Waals surface area (Å²) >= 11 is 0. The summed E-state index contributed by atoms with van der Waals surface area (Å²) in [6.45, 7) is -0.134. The molecule has 0 N–H and O–H groups in total. The van der Waals surface area contributed by atoms with E-state index in [0.717, 1.165) is 16.8 Å². The van der Waals surface area contributed by atoms with E-state index in [1.807, 2.05) is 48.5 Å². The van der Waals surface area contributed by atoms with Gasteiger partial charge >= 0.3 is 0 Å². The Kier molecular flexibility index (Phi) is 7.53. The van der Waals surface area contributed by atoms with Crippen LogP contribution in [0.4, 0.5) is 0 Å². The molecular formula is C28H29N3O5. The van der Waals surface area contributed by atoms with Gasteiger partial charge in [0.05, 0.1) is 33.1 Å². The van der Waals surface area contributed by atoms with E-state index < -0.39 is 0 Å². The van der Waals surface area contributed by atoms with Gasteiger partial charge in [-0.2, -0.15) is 5.10 Å². The Morgan fingerprint density at radius 3 is 2.33 bits per heavy atom. The molecule has 36 heavy (non-hydrogen) atoms. The second kappa shape index (κ2) is 10.9. The third kappa shape index (κ3) is 5.17. The van der Waals surface area contributed by atoms with E-state index in [0.29, 0.717) is 29.2 Å². The van der Waals surface area contributed by atoms with Crippen LogP contribution in [-0.4, -0.2) is 62.4 Å². The molecule has 1 heterocycles. The van der Waals surface area contributed by atoms with Gasteiger partial charge in [0.15, 0.2) is 0 Å². The van der Waals surface area contributed by atoms with Gasteiger partial charge in [-0.05, 0) is 42.5 Å². The predicted molar refractivity (Wildman–Crippen MR) is 137 cm³/mol. The van der Waals surface area contributed by atoms with Gasteiger partial charge in [-0.25, -0.2) is 5.01 Å². The van der Waals surface area contributed by atoms with Crippen LogP contribution in [-0.2, 0) is 4.79 Å². The molecule has 186 valence electrons.